The van der Waals surface area contributed by atoms with Gasteiger partial charge < -0.3 is 20.1 Å². The van der Waals surface area contributed by atoms with E-state index < -0.39 is 18.1 Å². The number of ether oxygens (including phenoxy) is 1. The molecule has 2 aromatic rings. The number of aliphatic carboxylic acids is 1. The summed E-state index contributed by atoms with van der Waals surface area (Å²) < 4.78 is 5.56. The lowest BCUT2D eigenvalue weighted by molar-refractivity contribution is -0.139. The number of hydrogen-bond acceptors (Lipinski definition) is 4. The van der Waals surface area contributed by atoms with Crippen molar-refractivity contribution in [1.82, 2.24) is 10.2 Å². The first-order chi connectivity index (χ1) is 16.5. The van der Waals surface area contributed by atoms with Gasteiger partial charge in [0.15, 0.2) is 0 Å². The quantitative estimate of drug-likeness (QED) is 0.649. The van der Waals surface area contributed by atoms with Crippen molar-refractivity contribution >= 4 is 18.0 Å². The van der Waals surface area contributed by atoms with Crippen molar-refractivity contribution in [3.8, 4) is 23.5 Å². The van der Waals surface area contributed by atoms with Crippen molar-refractivity contribution in [2.45, 2.75) is 24.8 Å². The molecule has 1 aliphatic heterocycles. The van der Waals surface area contributed by atoms with Crippen LogP contribution in [0.3, 0.4) is 0 Å². The zero-order chi connectivity index (χ0) is 23.8. The zero-order valence-corrected chi connectivity index (χ0v) is 18.6. The molecule has 0 aromatic heterocycles. The molecule has 4 atom stereocenters. The fraction of sp³-hybridized carbons (Fsp3) is 0.370. The van der Waals surface area contributed by atoms with E-state index in [1.807, 2.05) is 36.4 Å². The SMILES string of the molecule is C#CCC(NC(=O)OCC1c2ccccc2-c2ccccc21)C(=O)N1CCC2C(C1)C2C(=O)O. The van der Waals surface area contributed by atoms with Crippen LogP contribution in [-0.2, 0) is 14.3 Å². The van der Waals surface area contributed by atoms with Crippen LogP contribution in [0.25, 0.3) is 11.1 Å². The maximum atomic E-state index is 13.1. The van der Waals surface area contributed by atoms with Crippen LogP contribution in [0.15, 0.2) is 48.5 Å². The lowest BCUT2D eigenvalue weighted by atomic mass is 9.98. The largest absolute Gasteiger partial charge is 0.481 e. The molecule has 34 heavy (non-hydrogen) atoms. The Labute approximate surface area is 198 Å². The number of carbonyl (C=O) groups is 3. The molecule has 174 valence electrons. The molecular formula is C27H26N2O5. The minimum Gasteiger partial charge on any atom is -0.481 e. The first kappa shape index (κ1) is 22.0. The number of piperidine rings is 1. The number of terminal acetylenes is 1. The van der Waals surface area contributed by atoms with Crippen LogP contribution in [0.4, 0.5) is 4.79 Å². The van der Waals surface area contributed by atoms with E-state index in [0.717, 1.165) is 22.3 Å². The molecule has 5 rings (SSSR count). The predicted octanol–water partition coefficient (Wildman–Crippen LogP) is 3.10. The van der Waals surface area contributed by atoms with Gasteiger partial charge in [-0.2, -0.15) is 0 Å². The van der Waals surface area contributed by atoms with Gasteiger partial charge in [-0.25, -0.2) is 4.79 Å². The van der Waals surface area contributed by atoms with E-state index in [9.17, 15) is 19.5 Å². The maximum absolute atomic E-state index is 13.1. The highest BCUT2D eigenvalue weighted by atomic mass is 16.5. The molecular weight excluding hydrogens is 432 g/mol. The summed E-state index contributed by atoms with van der Waals surface area (Å²) in [5.74, 6) is 1.02. The number of rotatable bonds is 6. The fourth-order valence-corrected chi connectivity index (χ4v) is 5.63. The number of benzene rings is 2. The molecule has 1 saturated carbocycles. The van der Waals surface area contributed by atoms with Gasteiger partial charge >= 0.3 is 12.1 Å². The lowest BCUT2D eigenvalue weighted by Gasteiger charge is -2.29. The van der Waals surface area contributed by atoms with Gasteiger partial charge in [-0.1, -0.05) is 48.5 Å². The number of carbonyl (C=O) groups excluding carboxylic acids is 2. The zero-order valence-electron chi connectivity index (χ0n) is 18.6. The van der Waals surface area contributed by atoms with Crippen molar-refractivity contribution in [3.63, 3.8) is 0 Å². The molecule has 1 heterocycles. The first-order valence-electron chi connectivity index (χ1n) is 11.6. The summed E-state index contributed by atoms with van der Waals surface area (Å²) in [6.45, 7) is 0.996. The van der Waals surface area contributed by atoms with Crippen LogP contribution in [0.5, 0.6) is 0 Å². The molecule has 0 radical (unpaired) electrons. The van der Waals surface area contributed by atoms with Crippen molar-refractivity contribution in [2.24, 2.45) is 17.8 Å². The van der Waals surface area contributed by atoms with Gasteiger partial charge in [0.05, 0.1) is 5.92 Å². The third-order valence-corrected chi connectivity index (χ3v) is 7.35. The Hall–Kier alpha value is -3.79. The van der Waals surface area contributed by atoms with Gasteiger partial charge in [0.1, 0.15) is 12.6 Å². The number of carboxylic acid groups (broad SMARTS) is 1. The Morgan fingerprint density at radius 3 is 2.35 bits per heavy atom. The average Bonchev–Trinajstić information content (AvgIpc) is 3.49. The predicted molar refractivity (Wildman–Crippen MR) is 125 cm³/mol. The normalized spacial score (nSPS) is 23.0. The summed E-state index contributed by atoms with van der Waals surface area (Å²) >= 11 is 0. The number of fused-ring (bicyclic) bond motifs is 4. The molecule has 3 aliphatic rings. The van der Waals surface area contributed by atoms with E-state index in [0.29, 0.717) is 19.5 Å². The molecule has 2 fully saturated rings. The Morgan fingerprint density at radius 2 is 1.74 bits per heavy atom. The topological polar surface area (TPSA) is 95.9 Å². The van der Waals surface area contributed by atoms with Crippen molar-refractivity contribution in [1.29, 1.82) is 0 Å². The third-order valence-electron chi connectivity index (χ3n) is 7.35. The Morgan fingerprint density at radius 1 is 1.09 bits per heavy atom. The van der Waals surface area contributed by atoms with Crippen LogP contribution in [0.1, 0.15) is 29.9 Å². The highest BCUT2D eigenvalue weighted by Crippen LogP contribution is 2.51. The van der Waals surface area contributed by atoms with Crippen LogP contribution < -0.4 is 5.32 Å². The second kappa shape index (κ2) is 8.86. The van der Waals surface area contributed by atoms with E-state index in [-0.39, 0.29) is 42.6 Å². The van der Waals surface area contributed by atoms with E-state index in [4.69, 9.17) is 11.2 Å². The van der Waals surface area contributed by atoms with Gasteiger partial charge in [0.25, 0.3) is 0 Å². The fourth-order valence-electron chi connectivity index (χ4n) is 5.63. The highest BCUT2D eigenvalue weighted by Gasteiger charge is 2.57. The number of amides is 2. The molecule has 2 aromatic carbocycles. The monoisotopic (exact) mass is 458 g/mol. The van der Waals surface area contributed by atoms with Crippen LogP contribution in [0, 0.1) is 30.1 Å². The number of alkyl carbamates (subject to hydrolysis) is 1. The van der Waals surface area contributed by atoms with Gasteiger partial charge in [-0.15, -0.1) is 12.3 Å². The van der Waals surface area contributed by atoms with E-state index in [2.05, 4.69) is 23.4 Å². The molecule has 0 bridgehead atoms. The number of nitrogens with zero attached hydrogens (tertiary/aromatic N) is 1. The smallest absolute Gasteiger partial charge is 0.407 e. The van der Waals surface area contributed by atoms with E-state index in [1.165, 1.54) is 0 Å². The molecule has 1 saturated heterocycles. The molecule has 2 amide bonds. The summed E-state index contributed by atoms with van der Waals surface area (Å²) in [5.41, 5.74) is 4.48. The Kier molecular flexibility index (Phi) is 5.74. The van der Waals surface area contributed by atoms with Crippen molar-refractivity contribution in [2.75, 3.05) is 19.7 Å². The van der Waals surface area contributed by atoms with Crippen molar-refractivity contribution in [3.05, 3.63) is 59.7 Å². The number of hydrogen-bond donors (Lipinski definition) is 2. The van der Waals surface area contributed by atoms with Crippen molar-refractivity contribution < 1.29 is 24.2 Å². The van der Waals surface area contributed by atoms with Gasteiger partial charge in [-0.3, -0.25) is 9.59 Å². The summed E-state index contributed by atoms with van der Waals surface area (Å²) in [6, 6.07) is 15.2. The van der Waals surface area contributed by atoms with Crippen LogP contribution in [0.2, 0.25) is 0 Å². The average molecular weight is 459 g/mol. The number of carboxylic acids is 1. The molecule has 4 unspecified atom stereocenters. The second-order valence-corrected chi connectivity index (χ2v) is 9.20. The number of likely N-dealkylation sites (tertiary alicyclic amines) is 1. The van der Waals surface area contributed by atoms with E-state index in [1.54, 1.807) is 4.90 Å². The van der Waals surface area contributed by atoms with Gasteiger partial charge in [0.2, 0.25) is 5.91 Å². The molecule has 2 aliphatic carbocycles. The van der Waals surface area contributed by atoms with E-state index >= 15 is 0 Å². The second-order valence-electron chi connectivity index (χ2n) is 9.20. The van der Waals surface area contributed by atoms with Crippen LogP contribution in [-0.4, -0.2) is 53.7 Å². The molecule has 0 spiro atoms. The molecule has 7 nitrogen and oxygen atoms in total. The first-order valence-corrected chi connectivity index (χ1v) is 11.6. The Bertz CT molecular complexity index is 1140. The van der Waals surface area contributed by atoms with Gasteiger partial charge in [0, 0.05) is 25.4 Å². The third kappa shape index (κ3) is 3.90. The maximum Gasteiger partial charge on any atom is 0.407 e. The molecule has 7 heteroatoms. The summed E-state index contributed by atoms with van der Waals surface area (Å²) in [7, 11) is 0. The molecule has 2 N–H and O–H groups in total. The van der Waals surface area contributed by atoms with Crippen LogP contribution >= 0.6 is 0 Å². The summed E-state index contributed by atoms with van der Waals surface area (Å²) in [6.07, 6.45) is 5.46. The lowest BCUT2D eigenvalue weighted by Crippen LogP contribution is -2.50. The summed E-state index contributed by atoms with van der Waals surface area (Å²) in [5, 5.41) is 11.9. The minimum absolute atomic E-state index is 0.0175. The standard InChI is InChI=1S/C27H26N2O5/c1-2-7-23(25(30)29-13-12-20-21(14-29)24(20)26(31)32)28-27(33)34-15-22-18-10-5-3-8-16(18)17-9-4-6-11-19(17)22/h1,3-6,8-11,20-24H,7,12-15H2,(H,28,33)(H,31,32). The minimum atomic E-state index is -0.903. The Balaban J connectivity index is 1.22. The van der Waals surface area contributed by atoms with Gasteiger partial charge in [-0.05, 0) is 40.5 Å². The summed E-state index contributed by atoms with van der Waals surface area (Å²) in [4.78, 5) is 38.7. The number of nitrogens with one attached hydrogen (secondary N) is 1. The highest BCUT2D eigenvalue weighted by molar-refractivity contribution is 5.86.